The number of aliphatic carboxylic acids is 2. The molecule has 45 heavy (non-hydrogen) atoms. The maximum absolute atomic E-state index is 13.4. The molecule has 0 spiro atoms. The minimum atomic E-state index is -2.38. The highest BCUT2D eigenvalue weighted by atomic mass is 16.5. The predicted octanol–water partition coefficient (Wildman–Crippen LogP) is 7.04. The number of hydrogen-bond donors (Lipinski definition) is 4. The molecule has 0 aromatic heterocycles. The Morgan fingerprint density at radius 1 is 0.822 bits per heavy atom. The van der Waals surface area contributed by atoms with E-state index >= 15 is 0 Å². The van der Waals surface area contributed by atoms with E-state index in [0.29, 0.717) is 49.4 Å². The van der Waals surface area contributed by atoms with Crippen LogP contribution in [0.5, 0.6) is 5.75 Å². The van der Waals surface area contributed by atoms with Gasteiger partial charge in [0, 0.05) is 19.3 Å². The second-order valence-electron chi connectivity index (χ2n) is 12.0. The van der Waals surface area contributed by atoms with Gasteiger partial charge in [0.15, 0.2) is 5.60 Å². The number of allylic oxidation sites excluding steroid dienone is 1. The van der Waals surface area contributed by atoms with E-state index in [-0.39, 0.29) is 12.8 Å². The molecule has 0 saturated heterocycles. The van der Waals surface area contributed by atoms with Gasteiger partial charge in [0.05, 0.1) is 12.5 Å². The molecule has 0 heterocycles. The van der Waals surface area contributed by atoms with Crippen LogP contribution in [-0.2, 0) is 25.6 Å². The van der Waals surface area contributed by atoms with E-state index in [4.69, 9.17) is 4.74 Å². The zero-order chi connectivity index (χ0) is 33.5. The Morgan fingerprint density at radius 3 is 1.98 bits per heavy atom. The number of benzene rings is 1. The van der Waals surface area contributed by atoms with Gasteiger partial charge in [-0.15, -0.1) is 0 Å². The van der Waals surface area contributed by atoms with Crippen LogP contribution in [0.2, 0.25) is 0 Å². The van der Waals surface area contributed by atoms with Crippen LogP contribution in [0, 0.1) is 5.92 Å². The standard InChI is InChI=1S/C36H57NO8/c1-4-7-9-12-15-18-29(38)19-16-13-10-11-14-17-20-31(36(44,25-6-3)35(42)43)33(39)37-32(34(40)41)27-28-21-23-30(24-22-28)45-26-8-5-2/h17,20-24,31-32,44H,4-16,18-19,25-27H2,1-3H3,(H,37,39)(H,40,41)(H,42,43)/b20-17+/t31-,32+,36+/m1/s1. The van der Waals surface area contributed by atoms with Gasteiger partial charge >= 0.3 is 11.9 Å². The average Bonchev–Trinajstić information content (AvgIpc) is 3.00. The minimum Gasteiger partial charge on any atom is -0.494 e. The number of unbranched alkanes of at least 4 members (excludes halogenated alkanes) is 9. The van der Waals surface area contributed by atoms with Crippen LogP contribution in [0.4, 0.5) is 0 Å². The van der Waals surface area contributed by atoms with Gasteiger partial charge in [-0.3, -0.25) is 9.59 Å². The fourth-order valence-corrected chi connectivity index (χ4v) is 5.21. The Morgan fingerprint density at radius 2 is 1.42 bits per heavy atom. The molecule has 0 aliphatic carbocycles. The number of hydrogen-bond acceptors (Lipinski definition) is 6. The molecule has 9 nitrogen and oxygen atoms in total. The van der Waals surface area contributed by atoms with Crippen molar-refractivity contribution in [2.45, 2.75) is 142 Å². The lowest BCUT2D eigenvalue weighted by Gasteiger charge is -2.30. The largest absolute Gasteiger partial charge is 0.494 e. The fraction of sp³-hybridized carbons (Fsp3) is 0.667. The first-order valence-corrected chi connectivity index (χ1v) is 17.0. The highest BCUT2D eigenvalue weighted by molar-refractivity contribution is 5.92. The number of amides is 1. The Balaban J connectivity index is 2.75. The van der Waals surface area contributed by atoms with E-state index < -0.39 is 35.4 Å². The summed E-state index contributed by atoms with van der Waals surface area (Å²) in [6, 6.07) is 5.63. The topological polar surface area (TPSA) is 150 Å². The van der Waals surface area contributed by atoms with Crippen LogP contribution in [0.3, 0.4) is 0 Å². The Bertz CT molecular complexity index is 1040. The molecule has 0 unspecified atom stereocenters. The number of carbonyl (C=O) groups excluding carboxylic acids is 2. The van der Waals surface area contributed by atoms with Crippen molar-refractivity contribution in [3.8, 4) is 5.75 Å². The smallest absolute Gasteiger partial charge is 0.336 e. The highest BCUT2D eigenvalue weighted by Gasteiger charge is 2.46. The molecular weight excluding hydrogens is 574 g/mol. The van der Waals surface area contributed by atoms with Crippen molar-refractivity contribution in [3.63, 3.8) is 0 Å². The molecule has 4 N–H and O–H groups in total. The Labute approximate surface area is 269 Å². The number of nitrogens with one attached hydrogen (secondary N) is 1. The lowest BCUT2D eigenvalue weighted by atomic mass is 9.82. The van der Waals surface area contributed by atoms with Gasteiger partial charge in [0.1, 0.15) is 17.6 Å². The molecule has 1 amide bonds. The van der Waals surface area contributed by atoms with Crippen molar-refractivity contribution in [1.82, 2.24) is 5.32 Å². The predicted molar refractivity (Wildman–Crippen MR) is 176 cm³/mol. The second kappa shape index (κ2) is 23.2. The average molecular weight is 632 g/mol. The molecule has 0 saturated carbocycles. The summed E-state index contributed by atoms with van der Waals surface area (Å²) >= 11 is 0. The number of Topliss-reactive ketones (excluding diaryl/α,β-unsaturated/α-hetero) is 1. The summed E-state index contributed by atoms with van der Waals surface area (Å²) < 4.78 is 5.65. The monoisotopic (exact) mass is 631 g/mol. The second-order valence-corrected chi connectivity index (χ2v) is 12.0. The van der Waals surface area contributed by atoms with Gasteiger partial charge in [-0.05, 0) is 56.2 Å². The van der Waals surface area contributed by atoms with E-state index in [2.05, 4.69) is 19.2 Å². The molecule has 0 fully saturated rings. The van der Waals surface area contributed by atoms with Crippen LogP contribution < -0.4 is 10.1 Å². The third-order valence-electron chi connectivity index (χ3n) is 8.01. The van der Waals surface area contributed by atoms with E-state index in [1.807, 2.05) is 0 Å². The fourth-order valence-electron chi connectivity index (χ4n) is 5.21. The summed E-state index contributed by atoms with van der Waals surface area (Å²) in [4.78, 5) is 49.7. The van der Waals surface area contributed by atoms with Crippen LogP contribution >= 0.6 is 0 Å². The van der Waals surface area contributed by atoms with E-state index in [0.717, 1.165) is 51.4 Å². The summed E-state index contributed by atoms with van der Waals surface area (Å²) in [5.41, 5.74) is -1.72. The van der Waals surface area contributed by atoms with Crippen LogP contribution in [0.1, 0.15) is 129 Å². The van der Waals surface area contributed by atoms with Gasteiger partial charge in [-0.1, -0.05) is 96.4 Å². The number of ether oxygens (including phenoxy) is 1. The zero-order valence-electron chi connectivity index (χ0n) is 27.7. The number of ketones is 1. The molecule has 9 heteroatoms. The van der Waals surface area contributed by atoms with Gasteiger partial charge in [0.25, 0.3) is 0 Å². The molecule has 1 rings (SSSR count). The van der Waals surface area contributed by atoms with Crippen molar-refractivity contribution in [2.75, 3.05) is 6.61 Å². The summed E-state index contributed by atoms with van der Waals surface area (Å²) in [6.07, 6.45) is 16.0. The third-order valence-corrected chi connectivity index (χ3v) is 8.01. The van der Waals surface area contributed by atoms with Gasteiger partial charge in [-0.2, -0.15) is 0 Å². The van der Waals surface area contributed by atoms with Crippen molar-refractivity contribution in [2.24, 2.45) is 5.92 Å². The maximum atomic E-state index is 13.4. The molecule has 1 aromatic rings. The molecule has 254 valence electrons. The van der Waals surface area contributed by atoms with Crippen molar-refractivity contribution in [1.29, 1.82) is 0 Å². The molecule has 0 bridgehead atoms. The first-order valence-electron chi connectivity index (χ1n) is 17.0. The van der Waals surface area contributed by atoms with Gasteiger partial charge in [-0.25, -0.2) is 9.59 Å². The summed E-state index contributed by atoms with van der Waals surface area (Å²) in [7, 11) is 0. The van der Waals surface area contributed by atoms with Crippen LogP contribution in [0.15, 0.2) is 36.4 Å². The molecular formula is C36H57NO8. The Hall–Kier alpha value is -3.20. The van der Waals surface area contributed by atoms with Gasteiger partial charge < -0.3 is 25.4 Å². The number of rotatable bonds is 27. The first kappa shape index (κ1) is 39.8. The van der Waals surface area contributed by atoms with Gasteiger partial charge in [0.2, 0.25) is 5.91 Å². The number of carboxylic acids is 2. The summed E-state index contributed by atoms with van der Waals surface area (Å²) in [5, 5.41) is 33.3. The number of aliphatic hydroxyl groups is 1. The Kier molecular flexibility index (Phi) is 20.5. The molecule has 0 aliphatic heterocycles. The normalized spacial score (nSPS) is 14.0. The number of carboxylic acid groups (broad SMARTS) is 2. The van der Waals surface area contributed by atoms with Crippen molar-refractivity contribution >= 4 is 23.6 Å². The first-order chi connectivity index (χ1) is 21.6. The SMILES string of the molecule is CCCCCCCC(=O)CCCCCC/C=C/[C@H](C(=O)N[C@@H](Cc1ccc(OCCCC)cc1)C(=O)O)[C@@](O)(CCC)C(=O)O. The van der Waals surface area contributed by atoms with Crippen LogP contribution in [-0.4, -0.2) is 57.2 Å². The summed E-state index contributed by atoms with van der Waals surface area (Å²) in [5.74, 6) is -4.14. The maximum Gasteiger partial charge on any atom is 0.336 e. The zero-order valence-corrected chi connectivity index (χ0v) is 27.7. The lowest BCUT2D eigenvalue weighted by molar-refractivity contribution is -0.167. The summed E-state index contributed by atoms with van der Waals surface area (Å²) in [6.45, 7) is 6.53. The highest BCUT2D eigenvalue weighted by Crippen LogP contribution is 2.27. The minimum absolute atomic E-state index is 0.0205. The third kappa shape index (κ3) is 16.1. The lowest BCUT2D eigenvalue weighted by Crippen LogP contribution is -2.54. The number of carbonyl (C=O) groups is 4. The van der Waals surface area contributed by atoms with E-state index in [1.165, 1.54) is 25.3 Å². The molecule has 3 atom stereocenters. The van der Waals surface area contributed by atoms with Crippen LogP contribution in [0.25, 0.3) is 0 Å². The van der Waals surface area contributed by atoms with Crippen molar-refractivity contribution in [3.05, 3.63) is 42.0 Å². The van der Waals surface area contributed by atoms with E-state index in [9.17, 15) is 34.5 Å². The molecule has 0 radical (unpaired) electrons. The van der Waals surface area contributed by atoms with E-state index in [1.54, 1.807) is 37.3 Å². The molecule has 0 aliphatic rings. The molecule has 1 aromatic carbocycles. The van der Waals surface area contributed by atoms with Crippen molar-refractivity contribution < 1.29 is 39.2 Å². The quantitative estimate of drug-likeness (QED) is 0.0597.